The third-order valence-electron chi connectivity index (χ3n) is 4.73. The molecule has 2 heterocycles. The molecule has 2 N–H and O–H groups in total. The van der Waals surface area contributed by atoms with Gasteiger partial charge in [-0.15, -0.1) is 24.0 Å². The molecule has 1 fully saturated rings. The Morgan fingerprint density at radius 2 is 2.07 bits per heavy atom. The van der Waals surface area contributed by atoms with Gasteiger partial charge in [0.25, 0.3) is 0 Å². The second-order valence-corrected chi connectivity index (χ2v) is 6.95. The lowest BCUT2D eigenvalue weighted by Crippen LogP contribution is -2.45. The van der Waals surface area contributed by atoms with E-state index in [4.69, 9.17) is 4.74 Å². The van der Waals surface area contributed by atoms with Gasteiger partial charge in [-0.2, -0.15) is 5.10 Å². The minimum atomic E-state index is 0. The molecule has 1 atom stereocenters. The summed E-state index contributed by atoms with van der Waals surface area (Å²) in [6.07, 6.45) is 3.58. The lowest BCUT2D eigenvalue weighted by atomic mass is 10.1. The molecule has 1 aliphatic heterocycles. The maximum absolute atomic E-state index is 11.9. The van der Waals surface area contributed by atoms with E-state index in [0.29, 0.717) is 19.0 Å². The Bertz CT molecular complexity index is 638. The van der Waals surface area contributed by atoms with Gasteiger partial charge in [-0.1, -0.05) is 0 Å². The van der Waals surface area contributed by atoms with Gasteiger partial charge in [0.05, 0.1) is 24.9 Å². The number of nitrogens with zero attached hydrogens (tertiary/aromatic N) is 4. The first-order valence-corrected chi connectivity index (χ1v) is 9.21. The Balaban J connectivity index is 0.00000364. The zero-order valence-corrected chi connectivity index (χ0v) is 19.4. The summed E-state index contributed by atoms with van der Waals surface area (Å²) in [5.41, 5.74) is 3.19. The highest BCUT2D eigenvalue weighted by atomic mass is 127. The molecule has 1 aromatic rings. The SMILES string of the molecule is Cc1nn(C)c(C)c1CN=C(NCC(=O)N(C)C)NCC1CCCCO1.I. The number of carbonyl (C=O) groups is 1. The summed E-state index contributed by atoms with van der Waals surface area (Å²) in [6, 6.07) is 0. The van der Waals surface area contributed by atoms with Crippen LogP contribution in [0.1, 0.15) is 36.2 Å². The lowest BCUT2D eigenvalue weighted by molar-refractivity contribution is -0.127. The molecule has 154 valence electrons. The van der Waals surface area contributed by atoms with Crippen molar-refractivity contribution < 1.29 is 9.53 Å². The van der Waals surface area contributed by atoms with Crippen molar-refractivity contribution in [3.63, 3.8) is 0 Å². The molecule has 1 aliphatic rings. The van der Waals surface area contributed by atoms with Crippen LogP contribution < -0.4 is 10.6 Å². The van der Waals surface area contributed by atoms with Gasteiger partial charge in [0.2, 0.25) is 5.91 Å². The number of amides is 1. The molecule has 0 bridgehead atoms. The van der Waals surface area contributed by atoms with Crippen LogP contribution >= 0.6 is 24.0 Å². The van der Waals surface area contributed by atoms with Crippen molar-refractivity contribution in [3.05, 3.63) is 17.0 Å². The van der Waals surface area contributed by atoms with Crippen LogP contribution in [0.15, 0.2) is 4.99 Å². The van der Waals surface area contributed by atoms with Crippen molar-refractivity contribution >= 4 is 35.8 Å². The van der Waals surface area contributed by atoms with Crippen LogP contribution in [-0.2, 0) is 23.1 Å². The molecular weight excluding hydrogens is 459 g/mol. The van der Waals surface area contributed by atoms with Gasteiger partial charge < -0.3 is 20.3 Å². The van der Waals surface area contributed by atoms with Gasteiger partial charge in [-0.05, 0) is 33.1 Å². The third-order valence-corrected chi connectivity index (χ3v) is 4.73. The van der Waals surface area contributed by atoms with E-state index in [1.807, 2.05) is 25.6 Å². The number of aryl methyl sites for hydroxylation is 2. The van der Waals surface area contributed by atoms with Crippen LogP contribution in [0.2, 0.25) is 0 Å². The fourth-order valence-electron chi connectivity index (χ4n) is 2.88. The first-order chi connectivity index (χ1) is 12.4. The summed E-state index contributed by atoms with van der Waals surface area (Å²) in [4.78, 5) is 18.1. The highest BCUT2D eigenvalue weighted by Gasteiger charge is 2.15. The molecule has 9 heteroatoms. The van der Waals surface area contributed by atoms with Gasteiger partial charge in [0, 0.05) is 45.6 Å². The Hall–Kier alpha value is -1.36. The second kappa shape index (κ2) is 11.5. The van der Waals surface area contributed by atoms with E-state index in [2.05, 4.69) is 20.7 Å². The molecular formula is C18H33IN6O2. The normalized spacial score (nSPS) is 17.2. The monoisotopic (exact) mass is 492 g/mol. The highest BCUT2D eigenvalue weighted by Crippen LogP contribution is 2.13. The molecule has 0 spiro atoms. The number of likely N-dealkylation sites (N-methyl/N-ethyl adjacent to an activating group) is 1. The minimum Gasteiger partial charge on any atom is -0.376 e. The van der Waals surface area contributed by atoms with Crippen molar-refractivity contribution in [2.24, 2.45) is 12.0 Å². The summed E-state index contributed by atoms with van der Waals surface area (Å²) in [5.74, 6) is 0.624. The summed E-state index contributed by atoms with van der Waals surface area (Å²) in [5, 5.41) is 10.9. The molecule has 0 radical (unpaired) electrons. The average molecular weight is 492 g/mol. The van der Waals surface area contributed by atoms with Gasteiger partial charge in [0.15, 0.2) is 5.96 Å². The molecule has 1 amide bonds. The Morgan fingerprint density at radius 1 is 1.33 bits per heavy atom. The predicted octanol–water partition coefficient (Wildman–Crippen LogP) is 1.35. The number of ether oxygens (including phenoxy) is 1. The largest absolute Gasteiger partial charge is 0.376 e. The number of hydrogen-bond donors (Lipinski definition) is 2. The fraction of sp³-hybridized carbons (Fsp3) is 0.722. The van der Waals surface area contributed by atoms with Crippen LogP contribution in [0, 0.1) is 13.8 Å². The number of rotatable bonds is 6. The lowest BCUT2D eigenvalue weighted by Gasteiger charge is -2.24. The quantitative estimate of drug-likeness (QED) is 0.356. The van der Waals surface area contributed by atoms with E-state index in [0.717, 1.165) is 36.4 Å². The maximum atomic E-state index is 11.9. The fourth-order valence-corrected chi connectivity index (χ4v) is 2.88. The predicted molar refractivity (Wildman–Crippen MR) is 118 cm³/mol. The second-order valence-electron chi connectivity index (χ2n) is 6.95. The Morgan fingerprint density at radius 3 is 2.63 bits per heavy atom. The van der Waals surface area contributed by atoms with Crippen molar-refractivity contribution in [1.82, 2.24) is 25.3 Å². The van der Waals surface area contributed by atoms with Crippen LogP contribution in [0.5, 0.6) is 0 Å². The zero-order valence-electron chi connectivity index (χ0n) is 17.0. The van der Waals surface area contributed by atoms with E-state index in [1.165, 1.54) is 6.42 Å². The van der Waals surface area contributed by atoms with E-state index < -0.39 is 0 Å². The first-order valence-electron chi connectivity index (χ1n) is 9.21. The number of nitrogens with one attached hydrogen (secondary N) is 2. The minimum absolute atomic E-state index is 0. The molecule has 8 nitrogen and oxygen atoms in total. The van der Waals surface area contributed by atoms with Gasteiger partial charge in [0.1, 0.15) is 0 Å². The van der Waals surface area contributed by atoms with Crippen LogP contribution in [-0.4, -0.2) is 66.4 Å². The highest BCUT2D eigenvalue weighted by molar-refractivity contribution is 14.0. The molecule has 0 saturated carbocycles. The zero-order chi connectivity index (χ0) is 19.1. The topological polar surface area (TPSA) is 83.8 Å². The number of carbonyl (C=O) groups excluding carboxylic acids is 1. The number of hydrogen-bond acceptors (Lipinski definition) is 4. The molecule has 2 rings (SSSR count). The number of halogens is 1. The number of guanidine groups is 1. The molecule has 1 aromatic heterocycles. The standard InChI is InChI=1S/C18H32N6O2.HI/c1-13-16(14(2)24(5)22-13)11-20-18(21-12-17(25)23(3)4)19-10-15-8-6-7-9-26-15;/h15H,6-12H2,1-5H3,(H2,19,20,21);1H. The average Bonchev–Trinajstić information content (AvgIpc) is 2.87. The number of aromatic nitrogens is 2. The van der Waals surface area contributed by atoms with E-state index in [1.54, 1.807) is 19.0 Å². The Kier molecular flexibility index (Phi) is 10.1. The number of aliphatic imine (C=N–C) groups is 1. The smallest absolute Gasteiger partial charge is 0.241 e. The van der Waals surface area contributed by atoms with E-state index in [-0.39, 0.29) is 42.5 Å². The van der Waals surface area contributed by atoms with Gasteiger partial charge in [-0.3, -0.25) is 9.48 Å². The molecule has 27 heavy (non-hydrogen) atoms. The van der Waals surface area contributed by atoms with E-state index >= 15 is 0 Å². The van der Waals surface area contributed by atoms with Crippen molar-refractivity contribution in [3.8, 4) is 0 Å². The van der Waals surface area contributed by atoms with Gasteiger partial charge in [-0.25, -0.2) is 4.99 Å². The summed E-state index contributed by atoms with van der Waals surface area (Å²) in [7, 11) is 5.42. The van der Waals surface area contributed by atoms with Crippen molar-refractivity contribution in [1.29, 1.82) is 0 Å². The molecule has 1 saturated heterocycles. The molecule has 1 unspecified atom stereocenters. The van der Waals surface area contributed by atoms with E-state index in [9.17, 15) is 4.79 Å². The maximum Gasteiger partial charge on any atom is 0.241 e. The summed E-state index contributed by atoms with van der Waals surface area (Å²) >= 11 is 0. The van der Waals surface area contributed by atoms with Crippen LogP contribution in [0.3, 0.4) is 0 Å². The molecule has 0 aliphatic carbocycles. The first kappa shape index (κ1) is 23.7. The Labute approximate surface area is 179 Å². The van der Waals surface area contributed by atoms with Crippen LogP contribution in [0.25, 0.3) is 0 Å². The summed E-state index contributed by atoms with van der Waals surface area (Å²) in [6.45, 7) is 6.25. The van der Waals surface area contributed by atoms with Crippen molar-refractivity contribution in [2.75, 3.05) is 33.8 Å². The summed E-state index contributed by atoms with van der Waals surface area (Å²) < 4.78 is 7.63. The third kappa shape index (κ3) is 7.28. The van der Waals surface area contributed by atoms with Crippen molar-refractivity contribution in [2.45, 2.75) is 45.8 Å². The molecule has 0 aromatic carbocycles. The van der Waals surface area contributed by atoms with Crippen LogP contribution in [0.4, 0.5) is 0 Å². The van der Waals surface area contributed by atoms with Gasteiger partial charge >= 0.3 is 0 Å².